The summed E-state index contributed by atoms with van der Waals surface area (Å²) in [6, 6.07) is 8.20. The molecule has 1 aromatic carbocycles. The van der Waals surface area contributed by atoms with Crippen LogP contribution in [0.2, 0.25) is 0 Å². The average Bonchev–Trinajstić information content (AvgIpc) is 2.15. The molecule has 2 heteroatoms. The SMILES string of the molecule is CC(N)COc1ccccc1C(C)C. The minimum atomic E-state index is 0.0789. The lowest BCUT2D eigenvalue weighted by Crippen LogP contribution is -2.24. The number of ether oxygens (including phenoxy) is 1. The van der Waals surface area contributed by atoms with E-state index in [1.54, 1.807) is 0 Å². The monoisotopic (exact) mass is 193 g/mol. The molecule has 1 atom stereocenters. The summed E-state index contributed by atoms with van der Waals surface area (Å²) >= 11 is 0. The Labute approximate surface area is 86.1 Å². The maximum atomic E-state index is 5.64. The summed E-state index contributed by atoms with van der Waals surface area (Å²) in [4.78, 5) is 0. The van der Waals surface area contributed by atoms with Gasteiger partial charge in [0.05, 0.1) is 0 Å². The third kappa shape index (κ3) is 3.04. The van der Waals surface area contributed by atoms with Gasteiger partial charge in [-0.25, -0.2) is 0 Å². The van der Waals surface area contributed by atoms with Crippen LogP contribution in [0.15, 0.2) is 24.3 Å². The van der Waals surface area contributed by atoms with Crippen molar-refractivity contribution >= 4 is 0 Å². The smallest absolute Gasteiger partial charge is 0.122 e. The molecule has 1 aromatic rings. The van der Waals surface area contributed by atoms with E-state index in [1.807, 2.05) is 25.1 Å². The van der Waals surface area contributed by atoms with Gasteiger partial charge >= 0.3 is 0 Å². The van der Waals surface area contributed by atoms with Crippen molar-refractivity contribution in [1.82, 2.24) is 0 Å². The van der Waals surface area contributed by atoms with E-state index in [-0.39, 0.29) is 6.04 Å². The molecule has 1 unspecified atom stereocenters. The van der Waals surface area contributed by atoms with Gasteiger partial charge in [0.15, 0.2) is 0 Å². The first kappa shape index (κ1) is 11.1. The second-order valence-electron chi connectivity index (χ2n) is 3.98. The van der Waals surface area contributed by atoms with Crippen LogP contribution in [0.3, 0.4) is 0 Å². The Balaban J connectivity index is 2.74. The fraction of sp³-hybridized carbons (Fsp3) is 0.500. The summed E-state index contributed by atoms with van der Waals surface area (Å²) in [5, 5.41) is 0. The van der Waals surface area contributed by atoms with Crippen molar-refractivity contribution in [2.24, 2.45) is 5.73 Å². The predicted octanol–water partition coefficient (Wildman–Crippen LogP) is 2.54. The van der Waals surface area contributed by atoms with Crippen LogP contribution in [-0.2, 0) is 0 Å². The molecule has 0 radical (unpaired) electrons. The molecule has 1 rings (SSSR count). The summed E-state index contributed by atoms with van der Waals surface area (Å²) in [6.07, 6.45) is 0. The maximum Gasteiger partial charge on any atom is 0.122 e. The lowest BCUT2D eigenvalue weighted by molar-refractivity contribution is 0.292. The predicted molar refractivity (Wildman–Crippen MR) is 59.7 cm³/mol. The third-order valence-corrected chi connectivity index (χ3v) is 2.04. The fourth-order valence-corrected chi connectivity index (χ4v) is 1.31. The molecule has 0 aromatic heterocycles. The van der Waals surface area contributed by atoms with Gasteiger partial charge in [-0.3, -0.25) is 0 Å². The van der Waals surface area contributed by atoms with E-state index < -0.39 is 0 Å². The van der Waals surface area contributed by atoms with Crippen molar-refractivity contribution in [2.75, 3.05) is 6.61 Å². The highest BCUT2D eigenvalue weighted by Gasteiger charge is 2.06. The van der Waals surface area contributed by atoms with Gasteiger partial charge in [0.1, 0.15) is 12.4 Å². The first-order chi connectivity index (χ1) is 6.61. The Morgan fingerprint density at radius 1 is 1.21 bits per heavy atom. The molecular formula is C12H19NO. The van der Waals surface area contributed by atoms with Crippen LogP contribution >= 0.6 is 0 Å². The van der Waals surface area contributed by atoms with E-state index in [4.69, 9.17) is 10.5 Å². The Morgan fingerprint density at radius 2 is 1.86 bits per heavy atom. The van der Waals surface area contributed by atoms with E-state index in [9.17, 15) is 0 Å². The molecule has 2 nitrogen and oxygen atoms in total. The number of benzene rings is 1. The van der Waals surface area contributed by atoms with E-state index in [1.165, 1.54) is 5.56 Å². The summed E-state index contributed by atoms with van der Waals surface area (Å²) < 4.78 is 5.63. The fourth-order valence-electron chi connectivity index (χ4n) is 1.31. The van der Waals surface area contributed by atoms with Crippen LogP contribution in [-0.4, -0.2) is 12.6 Å². The van der Waals surface area contributed by atoms with Crippen LogP contribution in [0.4, 0.5) is 0 Å². The molecule has 14 heavy (non-hydrogen) atoms. The number of hydrogen-bond acceptors (Lipinski definition) is 2. The van der Waals surface area contributed by atoms with E-state index in [0.29, 0.717) is 12.5 Å². The topological polar surface area (TPSA) is 35.2 Å². The molecule has 2 N–H and O–H groups in total. The quantitative estimate of drug-likeness (QED) is 0.797. The number of para-hydroxylation sites is 1. The zero-order valence-electron chi connectivity index (χ0n) is 9.16. The zero-order chi connectivity index (χ0) is 10.6. The molecule has 0 bridgehead atoms. The molecule has 0 saturated heterocycles. The highest BCUT2D eigenvalue weighted by Crippen LogP contribution is 2.25. The van der Waals surface area contributed by atoms with Crippen molar-refractivity contribution in [1.29, 1.82) is 0 Å². The molecule has 0 spiro atoms. The van der Waals surface area contributed by atoms with Gasteiger partial charge in [-0.05, 0) is 24.5 Å². The van der Waals surface area contributed by atoms with Crippen molar-refractivity contribution in [3.63, 3.8) is 0 Å². The Kier molecular flexibility index (Phi) is 3.96. The van der Waals surface area contributed by atoms with Crippen molar-refractivity contribution in [3.05, 3.63) is 29.8 Å². The molecular weight excluding hydrogens is 174 g/mol. The zero-order valence-corrected chi connectivity index (χ0v) is 9.16. The number of hydrogen-bond donors (Lipinski definition) is 1. The average molecular weight is 193 g/mol. The van der Waals surface area contributed by atoms with Gasteiger partial charge in [0.25, 0.3) is 0 Å². The van der Waals surface area contributed by atoms with Gasteiger partial charge in [0, 0.05) is 6.04 Å². The second-order valence-corrected chi connectivity index (χ2v) is 3.98. The van der Waals surface area contributed by atoms with Gasteiger partial charge in [-0.15, -0.1) is 0 Å². The largest absolute Gasteiger partial charge is 0.492 e. The summed E-state index contributed by atoms with van der Waals surface area (Å²) in [6.45, 7) is 6.84. The van der Waals surface area contributed by atoms with E-state index in [0.717, 1.165) is 5.75 Å². The lowest BCUT2D eigenvalue weighted by atomic mass is 10.0. The van der Waals surface area contributed by atoms with Crippen LogP contribution in [0, 0.1) is 0 Å². The molecule has 0 aliphatic heterocycles. The molecule has 78 valence electrons. The first-order valence-corrected chi connectivity index (χ1v) is 5.08. The Bertz CT molecular complexity index is 281. The van der Waals surface area contributed by atoms with Crippen molar-refractivity contribution < 1.29 is 4.74 Å². The Morgan fingerprint density at radius 3 is 2.43 bits per heavy atom. The maximum absolute atomic E-state index is 5.64. The minimum absolute atomic E-state index is 0.0789. The van der Waals surface area contributed by atoms with E-state index in [2.05, 4.69) is 19.9 Å². The lowest BCUT2D eigenvalue weighted by Gasteiger charge is -2.14. The molecule has 0 aliphatic rings. The highest BCUT2D eigenvalue weighted by molar-refractivity contribution is 5.35. The molecule has 0 aliphatic carbocycles. The second kappa shape index (κ2) is 5.01. The van der Waals surface area contributed by atoms with Crippen LogP contribution in [0.1, 0.15) is 32.3 Å². The molecule has 0 amide bonds. The molecule has 0 fully saturated rings. The van der Waals surface area contributed by atoms with Crippen molar-refractivity contribution in [3.8, 4) is 5.75 Å². The van der Waals surface area contributed by atoms with Crippen LogP contribution in [0.25, 0.3) is 0 Å². The van der Waals surface area contributed by atoms with Gasteiger partial charge < -0.3 is 10.5 Å². The van der Waals surface area contributed by atoms with Gasteiger partial charge in [-0.2, -0.15) is 0 Å². The highest BCUT2D eigenvalue weighted by atomic mass is 16.5. The van der Waals surface area contributed by atoms with Crippen molar-refractivity contribution in [2.45, 2.75) is 32.7 Å². The Hall–Kier alpha value is -1.02. The number of nitrogens with two attached hydrogens (primary N) is 1. The molecule has 0 heterocycles. The summed E-state index contributed by atoms with van der Waals surface area (Å²) in [7, 11) is 0. The summed E-state index contributed by atoms with van der Waals surface area (Å²) in [5.74, 6) is 1.44. The van der Waals surface area contributed by atoms with Gasteiger partial charge in [0.2, 0.25) is 0 Å². The molecule has 0 saturated carbocycles. The first-order valence-electron chi connectivity index (χ1n) is 5.08. The van der Waals surface area contributed by atoms with Crippen LogP contribution < -0.4 is 10.5 Å². The third-order valence-electron chi connectivity index (χ3n) is 2.04. The normalized spacial score (nSPS) is 12.9. The minimum Gasteiger partial charge on any atom is -0.492 e. The van der Waals surface area contributed by atoms with Gasteiger partial charge in [-0.1, -0.05) is 32.0 Å². The van der Waals surface area contributed by atoms with Crippen LogP contribution in [0.5, 0.6) is 5.75 Å². The summed E-state index contributed by atoms with van der Waals surface area (Å²) in [5.41, 5.74) is 6.89. The number of rotatable bonds is 4. The van der Waals surface area contributed by atoms with E-state index >= 15 is 0 Å². The standard InChI is InChI=1S/C12H19NO/c1-9(2)11-6-4-5-7-12(11)14-8-10(3)13/h4-7,9-10H,8,13H2,1-3H3.